The summed E-state index contributed by atoms with van der Waals surface area (Å²) in [6, 6.07) is 7.76. The number of aromatic nitrogens is 2. The molecule has 0 atom stereocenters. The largest absolute Gasteiger partial charge is 0.395 e. The molecule has 0 aliphatic heterocycles. The molecule has 0 aliphatic carbocycles. The normalized spacial score (nSPS) is 10.4. The van der Waals surface area contributed by atoms with E-state index in [0.717, 1.165) is 16.7 Å². The van der Waals surface area contributed by atoms with Gasteiger partial charge in [-0.2, -0.15) is 0 Å². The van der Waals surface area contributed by atoms with Crippen LogP contribution in [-0.4, -0.2) is 28.2 Å². The van der Waals surface area contributed by atoms with Crippen LogP contribution in [0.5, 0.6) is 0 Å². The predicted molar refractivity (Wildman–Crippen MR) is 55.1 cm³/mol. The first-order valence-corrected chi connectivity index (χ1v) is 4.46. The van der Waals surface area contributed by atoms with Crippen molar-refractivity contribution < 1.29 is 5.11 Å². The fraction of sp³-hybridized carbons (Fsp3) is 0.200. The first-order chi connectivity index (χ1) is 6.92. The van der Waals surface area contributed by atoms with E-state index in [1.54, 1.807) is 0 Å². The summed E-state index contributed by atoms with van der Waals surface area (Å²) in [4.78, 5) is 8.25. The number of hydrogen-bond acceptors (Lipinski definition) is 4. The fourth-order valence-electron chi connectivity index (χ4n) is 1.32. The highest BCUT2D eigenvalue weighted by Crippen LogP contribution is 2.17. The zero-order valence-corrected chi connectivity index (χ0v) is 7.64. The second-order valence-corrected chi connectivity index (χ2v) is 2.89. The maximum Gasteiger partial charge on any atom is 0.137 e. The van der Waals surface area contributed by atoms with E-state index in [0.29, 0.717) is 6.54 Å². The lowest BCUT2D eigenvalue weighted by molar-refractivity contribution is 0.311. The Balaban J connectivity index is 2.43. The van der Waals surface area contributed by atoms with Gasteiger partial charge in [0, 0.05) is 11.9 Å². The van der Waals surface area contributed by atoms with Gasteiger partial charge in [-0.1, -0.05) is 12.1 Å². The maximum absolute atomic E-state index is 8.69. The molecule has 0 saturated heterocycles. The molecule has 0 spiro atoms. The molecule has 0 saturated carbocycles. The Morgan fingerprint density at radius 1 is 1.21 bits per heavy atom. The molecule has 1 heterocycles. The third kappa shape index (κ3) is 1.65. The van der Waals surface area contributed by atoms with Crippen molar-refractivity contribution in [2.24, 2.45) is 0 Å². The quantitative estimate of drug-likeness (QED) is 0.757. The van der Waals surface area contributed by atoms with Crippen molar-refractivity contribution in [1.82, 2.24) is 9.97 Å². The highest BCUT2D eigenvalue weighted by molar-refractivity contribution is 5.88. The number of nitrogens with zero attached hydrogens (tertiary/aromatic N) is 2. The number of para-hydroxylation sites is 1. The Morgan fingerprint density at radius 2 is 2.07 bits per heavy atom. The van der Waals surface area contributed by atoms with Crippen molar-refractivity contribution in [2.75, 3.05) is 18.5 Å². The average Bonchev–Trinajstić information content (AvgIpc) is 2.26. The molecule has 2 aromatic rings. The maximum atomic E-state index is 8.69. The summed E-state index contributed by atoms with van der Waals surface area (Å²) in [5, 5.41) is 12.7. The Labute approximate surface area is 81.6 Å². The molecule has 1 aromatic carbocycles. The lowest BCUT2D eigenvalue weighted by Crippen LogP contribution is -2.07. The van der Waals surface area contributed by atoms with Gasteiger partial charge in [-0.25, -0.2) is 9.97 Å². The molecule has 0 bridgehead atoms. The van der Waals surface area contributed by atoms with Gasteiger partial charge >= 0.3 is 0 Å². The minimum Gasteiger partial charge on any atom is -0.395 e. The van der Waals surface area contributed by atoms with E-state index in [1.807, 2.05) is 24.3 Å². The number of nitrogens with one attached hydrogen (secondary N) is 1. The van der Waals surface area contributed by atoms with Crippen LogP contribution in [0.3, 0.4) is 0 Å². The van der Waals surface area contributed by atoms with Crippen LogP contribution in [0.2, 0.25) is 0 Å². The van der Waals surface area contributed by atoms with Gasteiger partial charge in [-0.3, -0.25) is 0 Å². The summed E-state index contributed by atoms with van der Waals surface area (Å²) in [6.07, 6.45) is 1.52. The van der Waals surface area contributed by atoms with Crippen LogP contribution in [0.15, 0.2) is 30.6 Å². The van der Waals surface area contributed by atoms with E-state index in [1.165, 1.54) is 6.33 Å². The van der Waals surface area contributed by atoms with Gasteiger partial charge in [0.2, 0.25) is 0 Å². The smallest absolute Gasteiger partial charge is 0.137 e. The van der Waals surface area contributed by atoms with Crippen LogP contribution in [0.1, 0.15) is 0 Å². The van der Waals surface area contributed by atoms with Gasteiger partial charge in [-0.15, -0.1) is 0 Å². The minimum absolute atomic E-state index is 0.0956. The topological polar surface area (TPSA) is 58.0 Å². The summed E-state index contributed by atoms with van der Waals surface area (Å²) in [5.74, 6) is 0.768. The molecule has 2 rings (SSSR count). The third-order valence-electron chi connectivity index (χ3n) is 1.95. The Morgan fingerprint density at radius 3 is 2.93 bits per heavy atom. The minimum atomic E-state index is 0.0956. The molecule has 0 unspecified atom stereocenters. The number of anilines is 1. The summed E-state index contributed by atoms with van der Waals surface area (Å²) in [6.45, 7) is 0.597. The number of aliphatic hydroxyl groups is 1. The summed E-state index contributed by atoms with van der Waals surface area (Å²) < 4.78 is 0. The van der Waals surface area contributed by atoms with Gasteiger partial charge in [0.05, 0.1) is 12.1 Å². The number of aliphatic hydroxyl groups excluding tert-OH is 1. The number of hydrogen-bond donors (Lipinski definition) is 2. The first-order valence-electron chi connectivity index (χ1n) is 4.46. The lowest BCUT2D eigenvalue weighted by atomic mass is 10.2. The van der Waals surface area contributed by atoms with E-state index in [9.17, 15) is 0 Å². The highest BCUT2D eigenvalue weighted by atomic mass is 16.3. The van der Waals surface area contributed by atoms with Crippen molar-refractivity contribution in [1.29, 1.82) is 0 Å². The van der Waals surface area contributed by atoms with Crippen LogP contribution in [0.25, 0.3) is 10.9 Å². The van der Waals surface area contributed by atoms with Gasteiger partial charge in [0.25, 0.3) is 0 Å². The van der Waals surface area contributed by atoms with Crippen LogP contribution in [0, 0.1) is 0 Å². The van der Waals surface area contributed by atoms with E-state index >= 15 is 0 Å². The number of fused-ring (bicyclic) bond motifs is 1. The SMILES string of the molecule is OCCNc1ncnc2ccccc12. The summed E-state index contributed by atoms with van der Waals surface area (Å²) in [7, 11) is 0. The van der Waals surface area contributed by atoms with Gasteiger partial charge in [-0.05, 0) is 12.1 Å². The molecule has 1 aromatic heterocycles. The molecule has 0 radical (unpaired) electrons. The van der Waals surface area contributed by atoms with Crippen molar-refractivity contribution in [3.05, 3.63) is 30.6 Å². The monoisotopic (exact) mass is 189 g/mol. The average molecular weight is 189 g/mol. The Hall–Kier alpha value is -1.68. The first kappa shape index (κ1) is 8.90. The van der Waals surface area contributed by atoms with Crippen molar-refractivity contribution in [3.8, 4) is 0 Å². The van der Waals surface area contributed by atoms with E-state index in [4.69, 9.17) is 5.11 Å². The number of benzene rings is 1. The standard InChI is InChI=1S/C10H11N3O/c14-6-5-11-10-8-3-1-2-4-9(8)12-7-13-10/h1-4,7,14H,5-6H2,(H,11,12,13). The third-order valence-corrected chi connectivity index (χ3v) is 1.95. The van der Waals surface area contributed by atoms with Gasteiger partial charge in [0.15, 0.2) is 0 Å². The summed E-state index contributed by atoms with van der Waals surface area (Å²) in [5.41, 5.74) is 0.905. The second-order valence-electron chi connectivity index (χ2n) is 2.89. The van der Waals surface area contributed by atoms with Crippen molar-refractivity contribution in [2.45, 2.75) is 0 Å². The zero-order valence-electron chi connectivity index (χ0n) is 7.64. The Kier molecular flexibility index (Phi) is 2.55. The molecular formula is C10H11N3O. The van der Waals surface area contributed by atoms with Crippen LogP contribution >= 0.6 is 0 Å². The van der Waals surface area contributed by atoms with E-state index < -0.39 is 0 Å². The molecule has 0 fully saturated rings. The van der Waals surface area contributed by atoms with Crippen LogP contribution in [0.4, 0.5) is 5.82 Å². The lowest BCUT2D eigenvalue weighted by Gasteiger charge is -2.05. The van der Waals surface area contributed by atoms with Crippen molar-refractivity contribution >= 4 is 16.7 Å². The number of rotatable bonds is 3. The predicted octanol–water partition coefficient (Wildman–Crippen LogP) is 1.03. The zero-order chi connectivity index (χ0) is 9.80. The molecule has 14 heavy (non-hydrogen) atoms. The van der Waals surface area contributed by atoms with Gasteiger partial charge in [0.1, 0.15) is 12.1 Å². The van der Waals surface area contributed by atoms with Crippen molar-refractivity contribution in [3.63, 3.8) is 0 Å². The van der Waals surface area contributed by atoms with Crippen LogP contribution < -0.4 is 5.32 Å². The second kappa shape index (κ2) is 4.02. The van der Waals surface area contributed by atoms with E-state index in [-0.39, 0.29) is 6.61 Å². The van der Waals surface area contributed by atoms with Gasteiger partial charge < -0.3 is 10.4 Å². The van der Waals surface area contributed by atoms with Crippen LogP contribution in [-0.2, 0) is 0 Å². The highest BCUT2D eigenvalue weighted by Gasteiger charge is 2.00. The van der Waals surface area contributed by atoms with E-state index in [2.05, 4.69) is 15.3 Å². The molecule has 0 aliphatic rings. The molecular weight excluding hydrogens is 178 g/mol. The molecule has 2 N–H and O–H groups in total. The fourth-order valence-corrected chi connectivity index (χ4v) is 1.32. The Bertz CT molecular complexity index is 425. The molecule has 72 valence electrons. The molecule has 4 nitrogen and oxygen atoms in total. The summed E-state index contributed by atoms with van der Waals surface area (Å²) >= 11 is 0. The molecule has 4 heteroatoms. The molecule has 0 amide bonds.